The number of hydrogen-bond acceptors (Lipinski definition) is 6. The van der Waals surface area contributed by atoms with Gasteiger partial charge in [0.1, 0.15) is 5.69 Å². The summed E-state index contributed by atoms with van der Waals surface area (Å²) < 4.78 is 10.2. The fourth-order valence-corrected chi connectivity index (χ4v) is 2.69. The topological polar surface area (TPSA) is 68.7 Å². The molecule has 0 saturated heterocycles. The van der Waals surface area contributed by atoms with Gasteiger partial charge in [-0.25, -0.2) is 14.6 Å². The van der Waals surface area contributed by atoms with Crippen molar-refractivity contribution >= 4 is 28.5 Å². The standard InChI is InChI=1S/C19H24N2O4/c1-5-21(6-2)13-9-10-16-14(11-13)15(18(22)24-7-3)12-17(20-16)19(23)25-8-4/h9-12H,5-8H2,1-4H3. The number of aromatic nitrogens is 1. The molecule has 0 bridgehead atoms. The van der Waals surface area contributed by atoms with Crippen molar-refractivity contribution in [3.8, 4) is 0 Å². The first-order chi connectivity index (χ1) is 12.0. The largest absolute Gasteiger partial charge is 0.462 e. The Hall–Kier alpha value is -2.63. The first kappa shape index (κ1) is 18.7. The Morgan fingerprint density at radius 3 is 2.20 bits per heavy atom. The molecule has 134 valence electrons. The van der Waals surface area contributed by atoms with E-state index in [-0.39, 0.29) is 18.9 Å². The molecule has 0 unspecified atom stereocenters. The second kappa shape index (κ2) is 8.46. The molecule has 2 aromatic rings. The molecule has 0 amide bonds. The molecule has 6 heteroatoms. The highest BCUT2D eigenvalue weighted by Crippen LogP contribution is 2.26. The van der Waals surface area contributed by atoms with Gasteiger partial charge in [-0.3, -0.25) is 0 Å². The number of fused-ring (bicyclic) bond motifs is 1. The van der Waals surface area contributed by atoms with E-state index in [1.807, 2.05) is 18.2 Å². The second-order valence-corrected chi connectivity index (χ2v) is 5.37. The Balaban J connectivity index is 2.63. The lowest BCUT2D eigenvalue weighted by molar-refractivity contribution is 0.0519. The van der Waals surface area contributed by atoms with Crippen molar-refractivity contribution in [3.05, 3.63) is 35.5 Å². The number of nitrogens with zero attached hydrogens (tertiary/aromatic N) is 2. The first-order valence-electron chi connectivity index (χ1n) is 8.59. The maximum atomic E-state index is 12.4. The van der Waals surface area contributed by atoms with Gasteiger partial charge in [0, 0.05) is 24.2 Å². The lowest BCUT2D eigenvalue weighted by Crippen LogP contribution is -2.21. The van der Waals surface area contributed by atoms with Crippen LogP contribution in [0.15, 0.2) is 24.3 Å². The maximum absolute atomic E-state index is 12.4. The molecule has 1 aromatic carbocycles. The molecule has 6 nitrogen and oxygen atoms in total. The van der Waals surface area contributed by atoms with Crippen molar-refractivity contribution in [3.63, 3.8) is 0 Å². The first-order valence-corrected chi connectivity index (χ1v) is 8.59. The number of anilines is 1. The van der Waals surface area contributed by atoms with Crippen LogP contribution in [0.1, 0.15) is 48.5 Å². The minimum atomic E-state index is -0.553. The number of esters is 2. The molecule has 25 heavy (non-hydrogen) atoms. The highest BCUT2D eigenvalue weighted by molar-refractivity contribution is 6.06. The molecule has 0 fully saturated rings. The number of pyridine rings is 1. The van der Waals surface area contributed by atoms with E-state index in [0.717, 1.165) is 18.8 Å². The number of carbonyl (C=O) groups is 2. The zero-order valence-corrected chi connectivity index (χ0v) is 15.2. The van der Waals surface area contributed by atoms with Crippen molar-refractivity contribution in [1.29, 1.82) is 0 Å². The molecule has 0 atom stereocenters. The van der Waals surface area contributed by atoms with Gasteiger partial charge < -0.3 is 14.4 Å². The average Bonchev–Trinajstić information content (AvgIpc) is 2.62. The summed E-state index contributed by atoms with van der Waals surface area (Å²) in [4.78, 5) is 31.0. The van der Waals surface area contributed by atoms with Crippen LogP contribution in [0.5, 0.6) is 0 Å². The van der Waals surface area contributed by atoms with Crippen LogP contribution in [-0.2, 0) is 9.47 Å². The molecule has 1 heterocycles. The molecular formula is C19H24N2O4. The van der Waals surface area contributed by atoms with E-state index in [1.165, 1.54) is 6.07 Å². The molecular weight excluding hydrogens is 320 g/mol. The molecule has 0 aliphatic heterocycles. The summed E-state index contributed by atoms with van der Waals surface area (Å²) >= 11 is 0. The summed E-state index contributed by atoms with van der Waals surface area (Å²) in [5.41, 5.74) is 1.98. The summed E-state index contributed by atoms with van der Waals surface area (Å²) in [6.07, 6.45) is 0. The van der Waals surface area contributed by atoms with E-state index in [4.69, 9.17) is 9.47 Å². The molecule has 0 N–H and O–H groups in total. The van der Waals surface area contributed by atoms with Gasteiger partial charge >= 0.3 is 11.9 Å². The summed E-state index contributed by atoms with van der Waals surface area (Å²) in [5.74, 6) is -1.03. The number of benzene rings is 1. The monoisotopic (exact) mass is 344 g/mol. The third kappa shape index (κ3) is 4.07. The van der Waals surface area contributed by atoms with E-state index in [9.17, 15) is 9.59 Å². The van der Waals surface area contributed by atoms with Gasteiger partial charge in [-0.1, -0.05) is 0 Å². The summed E-state index contributed by atoms with van der Waals surface area (Å²) in [7, 11) is 0. The van der Waals surface area contributed by atoms with E-state index < -0.39 is 11.9 Å². The Morgan fingerprint density at radius 2 is 1.60 bits per heavy atom. The zero-order chi connectivity index (χ0) is 18.4. The van der Waals surface area contributed by atoms with Crippen LogP contribution >= 0.6 is 0 Å². The van der Waals surface area contributed by atoms with Crippen LogP contribution in [0.25, 0.3) is 10.9 Å². The van der Waals surface area contributed by atoms with E-state index in [2.05, 4.69) is 23.7 Å². The highest BCUT2D eigenvalue weighted by Gasteiger charge is 2.19. The Bertz CT molecular complexity index is 769. The Kier molecular flexibility index (Phi) is 6.33. The molecule has 1 aromatic heterocycles. The predicted octanol–water partition coefficient (Wildman–Crippen LogP) is 3.43. The Labute approximate surface area is 147 Å². The average molecular weight is 344 g/mol. The van der Waals surface area contributed by atoms with Gasteiger partial charge in [0.2, 0.25) is 0 Å². The summed E-state index contributed by atoms with van der Waals surface area (Å²) in [6.45, 7) is 9.82. The quantitative estimate of drug-likeness (QED) is 0.717. The van der Waals surface area contributed by atoms with Crippen LogP contribution < -0.4 is 4.90 Å². The fourth-order valence-electron chi connectivity index (χ4n) is 2.69. The van der Waals surface area contributed by atoms with Crippen molar-refractivity contribution in [1.82, 2.24) is 4.98 Å². The van der Waals surface area contributed by atoms with Crippen molar-refractivity contribution in [2.45, 2.75) is 27.7 Å². The second-order valence-electron chi connectivity index (χ2n) is 5.37. The van der Waals surface area contributed by atoms with Gasteiger partial charge in [0.25, 0.3) is 0 Å². The third-order valence-electron chi connectivity index (χ3n) is 3.90. The Morgan fingerprint density at radius 1 is 0.960 bits per heavy atom. The smallest absolute Gasteiger partial charge is 0.356 e. The van der Waals surface area contributed by atoms with Gasteiger partial charge in [0.05, 0.1) is 24.3 Å². The van der Waals surface area contributed by atoms with Gasteiger partial charge in [-0.15, -0.1) is 0 Å². The fraction of sp³-hybridized carbons (Fsp3) is 0.421. The van der Waals surface area contributed by atoms with E-state index in [0.29, 0.717) is 16.5 Å². The maximum Gasteiger partial charge on any atom is 0.356 e. The predicted molar refractivity (Wildman–Crippen MR) is 97.2 cm³/mol. The number of rotatable bonds is 7. The van der Waals surface area contributed by atoms with Crippen LogP contribution in [0.4, 0.5) is 5.69 Å². The van der Waals surface area contributed by atoms with Crippen LogP contribution in [-0.4, -0.2) is 43.2 Å². The lowest BCUT2D eigenvalue weighted by atomic mass is 10.1. The van der Waals surface area contributed by atoms with E-state index in [1.54, 1.807) is 13.8 Å². The summed E-state index contributed by atoms with van der Waals surface area (Å²) in [5, 5.41) is 0.663. The molecule has 0 spiro atoms. The van der Waals surface area contributed by atoms with Crippen molar-refractivity contribution in [2.24, 2.45) is 0 Å². The molecule has 0 aliphatic carbocycles. The zero-order valence-electron chi connectivity index (χ0n) is 15.2. The number of hydrogen-bond donors (Lipinski definition) is 0. The number of carbonyl (C=O) groups excluding carboxylic acids is 2. The van der Waals surface area contributed by atoms with E-state index >= 15 is 0 Å². The van der Waals surface area contributed by atoms with Crippen molar-refractivity contribution < 1.29 is 19.1 Å². The number of ether oxygens (including phenoxy) is 2. The highest BCUT2D eigenvalue weighted by atomic mass is 16.5. The molecule has 0 aliphatic rings. The lowest BCUT2D eigenvalue weighted by Gasteiger charge is -2.21. The van der Waals surface area contributed by atoms with Crippen LogP contribution in [0, 0.1) is 0 Å². The van der Waals surface area contributed by atoms with Crippen LogP contribution in [0.2, 0.25) is 0 Å². The SMILES string of the molecule is CCOC(=O)c1cc(C(=O)OCC)c2cc(N(CC)CC)ccc2n1. The normalized spacial score (nSPS) is 10.6. The van der Waals surface area contributed by atoms with Crippen molar-refractivity contribution in [2.75, 3.05) is 31.2 Å². The summed E-state index contributed by atoms with van der Waals surface area (Å²) in [6, 6.07) is 7.11. The van der Waals surface area contributed by atoms with Crippen LogP contribution in [0.3, 0.4) is 0 Å². The minimum Gasteiger partial charge on any atom is -0.462 e. The van der Waals surface area contributed by atoms with Gasteiger partial charge in [-0.2, -0.15) is 0 Å². The van der Waals surface area contributed by atoms with Gasteiger partial charge in [-0.05, 0) is 52.0 Å². The molecule has 2 rings (SSSR count). The minimum absolute atomic E-state index is 0.105. The molecule has 0 saturated carbocycles. The molecule has 0 radical (unpaired) electrons. The van der Waals surface area contributed by atoms with Gasteiger partial charge in [0.15, 0.2) is 0 Å². The third-order valence-corrected chi connectivity index (χ3v) is 3.90.